The van der Waals surface area contributed by atoms with Crippen LogP contribution >= 0.6 is 98.5 Å². The SMILES string of the molecule is BrCc1ccccc1Br.COc1ccc(CN2C(=O)C(Cc3ccccc3Br)C=C(Br)c3cc(Cl)ccc32)cc1.COc1ccc(CN2C(=O)CN=C(Cl)c3cc(Cl)ccc32)cc1. The molecule has 1 unspecified atom stereocenters. The topological polar surface area (TPSA) is 71.4 Å². The zero-order valence-corrected chi connectivity index (χ0v) is 42.6. The lowest BCUT2D eigenvalue weighted by Gasteiger charge is -2.26. The maximum atomic E-state index is 13.8. The van der Waals surface area contributed by atoms with Crippen LogP contribution in [0.15, 0.2) is 153 Å². The van der Waals surface area contributed by atoms with Crippen LogP contribution in [0.5, 0.6) is 11.5 Å². The van der Waals surface area contributed by atoms with Crippen LogP contribution in [0.1, 0.15) is 33.4 Å². The maximum Gasteiger partial charge on any atom is 0.249 e. The highest BCUT2D eigenvalue weighted by Gasteiger charge is 2.31. The number of hydrogen-bond donors (Lipinski definition) is 0. The number of anilines is 2. The molecule has 0 aromatic heterocycles. The van der Waals surface area contributed by atoms with Crippen LogP contribution < -0.4 is 19.3 Å². The summed E-state index contributed by atoms with van der Waals surface area (Å²) in [6, 6.07) is 42.4. The molecule has 0 saturated heterocycles. The fourth-order valence-corrected chi connectivity index (χ4v) is 9.69. The number of amides is 2. The van der Waals surface area contributed by atoms with Crippen molar-refractivity contribution in [3.8, 4) is 11.5 Å². The van der Waals surface area contributed by atoms with Crippen molar-refractivity contribution in [1.29, 1.82) is 0 Å². The van der Waals surface area contributed by atoms with Gasteiger partial charge in [0.05, 0.1) is 44.6 Å². The number of benzene rings is 6. The highest BCUT2D eigenvalue weighted by molar-refractivity contribution is 9.15. The minimum Gasteiger partial charge on any atom is -0.497 e. The molecule has 1 atom stereocenters. The Balaban J connectivity index is 0.000000180. The van der Waals surface area contributed by atoms with E-state index in [0.29, 0.717) is 46.0 Å². The van der Waals surface area contributed by atoms with E-state index in [9.17, 15) is 9.59 Å². The van der Waals surface area contributed by atoms with Gasteiger partial charge in [0, 0.05) is 39.9 Å². The number of hydrogen-bond acceptors (Lipinski definition) is 5. The van der Waals surface area contributed by atoms with Crippen LogP contribution in [0.4, 0.5) is 11.4 Å². The lowest BCUT2D eigenvalue weighted by molar-refractivity contribution is -0.121. The number of carbonyl (C=O) groups excluding carboxylic acids is 2. The molecule has 6 aromatic carbocycles. The van der Waals surface area contributed by atoms with E-state index < -0.39 is 0 Å². The Morgan fingerprint density at radius 1 is 0.635 bits per heavy atom. The van der Waals surface area contributed by atoms with E-state index in [1.165, 1.54) is 10.0 Å². The van der Waals surface area contributed by atoms with E-state index >= 15 is 0 Å². The molecule has 0 radical (unpaired) electrons. The number of rotatable bonds is 9. The van der Waals surface area contributed by atoms with Crippen molar-refractivity contribution >= 4 is 131 Å². The molecule has 324 valence electrons. The predicted octanol–water partition coefficient (Wildman–Crippen LogP) is 14.5. The van der Waals surface area contributed by atoms with Crippen LogP contribution in [0, 0.1) is 5.92 Å². The summed E-state index contributed by atoms with van der Waals surface area (Å²) in [5, 5.41) is 2.39. The number of fused-ring (bicyclic) bond motifs is 2. The van der Waals surface area contributed by atoms with Crippen LogP contribution in [0.3, 0.4) is 0 Å². The van der Waals surface area contributed by atoms with Gasteiger partial charge in [0.25, 0.3) is 0 Å². The molecule has 7 nitrogen and oxygen atoms in total. The third-order valence-electron chi connectivity index (χ3n) is 10.1. The average Bonchev–Trinajstić information content (AvgIpc) is 3.47. The Labute approximate surface area is 416 Å². The molecule has 63 heavy (non-hydrogen) atoms. The average molecular weight is 1160 g/mol. The first-order valence-corrected chi connectivity index (χ1v) is 24.1. The molecule has 6 aromatic rings. The number of benzodiazepines with no additional fused rings is 1. The predicted molar refractivity (Wildman–Crippen MR) is 274 cm³/mol. The summed E-state index contributed by atoms with van der Waals surface area (Å²) in [6.45, 7) is 0.899. The van der Waals surface area contributed by atoms with E-state index in [4.69, 9.17) is 44.3 Å². The van der Waals surface area contributed by atoms with E-state index in [1.54, 1.807) is 37.3 Å². The summed E-state index contributed by atoms with van der Waals surface area (Å²) in [5.41, 5.74) is 7.50. The molecular formula is C49H40Br4Cl3N3O4. The quantitative estimate of drug-likeness (QED) is 0.135. The van der Waals surface area contributed by atoms with Crippen molar-refractivity contribution in [3.63, 3.8) is 0 Å². The molecule has 8 rings (SSSR count). The number of methoxy groups -OCH3 is 2. The number of carbonyl (C=O) groups is 2. The van der Waals surface area contributed by atoms with Gasteiger partial charge in [-0.1, -0.05) is 165 Å². The molecule has 2 amide bonds. The molecule has 0 aliphatic carbocycles. The van der Waals surface area contributed by atoms with Crippen molar-refractivity contribution in [3.05, 3.63) is 192 Å². The second-order valence-corrected chi connectivity index (χ2v) is 18.5. The molecule has 0 saturated carbocycles. The number of nitrogens with zero attached hydrogens (tertiary/aromatic N) is 3. The summed E-state index contributed by atoms with van der Waals surface area (Å²) in [7, 11) is 3.26. The van der Waals surface area contributed by atoms with Gasteiger partial charge in [0.1, 0.15) is 23.2 Å². The van der Waals surface area contributed by atoms with Gasteiger partial charge in [0.15, 0.2) is 0 Å². The number of aliphatic imine (C=N–C) groups is 1. The Morgan fingerprint density at radius 2 is 1.13 bits per heavy atom. The summed E-state index contributed by atoms with van der Waals surface area (Å²) in [5.74, 6) is 1.17. The fourth-order valence-electron chi connectivity index (χ4n) is 6.76. The van der Waals surface area contributed by atoms with Crippen molar-refractivity contribution in [2.45, 2.75) is 24.8 Å². The first-order valence-electron chi connectivity index (χ1n) is 19.5. The third-order valence-corrected chi connectivity index (χ3v) is 13.7. The number of ether oxygens (including phenoxy) is 2. The van der Waals surface area contributed by atoms with E-state index in [1.807, 2.05) is 120 Å². The number of alkyl halides is 1. The Hall–Kier alpha value is -3.94. The lowest BCUT2D eigenvalue weighted by Crippen LogP contribution is -2.35. The molecule has 0 fully saturated rings. The van der Waals surface area contributed by atoms with Gasteiger partial charge in [-0.25, -0.2) is 0 Å². The standard InChI is InChI=1S/C25H20Br2ClNO2.C17H14Cl2N2O2.C7H6Br2/c1-31-20-9-6-16(7-10-20)15-29-24-11-8-19(28)14-21(24)23(27)13-18(25(29)30)12-17-4-2-3-5-22(17)26;1-23-13-5-2-11(3-6-13)10-21-15-7-4-12(18)8-14(15)17(19)20-9-16(21)22;8-5-6-3-1-2-4-7(6)9/h2-11,13-14,18H,12,15H2,1H3;2-8H,9-10H2,1H3;1-4H,5H2. The Kier molecular flexibility index (Phi) is 17.9. The molecule has 2 aliphatic heterocycles. The molecule has 0 spiro atoms. The van der Waals surface area contributed by atoms with Gasteiger partial charge >= 0.3 is 0 Å². The minimum atomic E-state index is -0.322. The molecular weight excluding hydrogens is 1120 g/mol. The molecule has 2 aliphatic rings. The van der Waals surface area contributed by atoms with Gasteiger partial charge in [-0.3, -0.25) is 14.6 Å². The van der Waals surface area contributed by atoms with E-state index in [2.05, 4.69) is 74.8 Å². The summed E-state index contributed by atoms with van der Waals surface area (Å²) in [4.78, 5) is 33.8. The minimum absolute atomic E-state index is 0.0152. The molecule has 0 N–H and O–H groups in total. The Bertz CT molecular complexity index is 2630. The van der Waals surface area contributed by atoms with E-state index in [-0.39, 0.29) is 24.3 Å². The zero-order valence-electron chi connectivity index (χ0n) is 34.0. The molecule has 0 bridgehead atoms. The zero-order chi connectivity index (χ0) is 45.0. The van der Waals surface area contributed by atoms with Gasteiger partial charge in [-0.15, -0.1) is 0 Å². The van der Waals surface area contributed by atoms with Crippen LogP contribution in [0.2, 0.25) is 10.0 Å². The van der Waals surface area contributed by atoms with Gasteiger partial charge in [-0.2, -0.15) is 0 Å². The van der Waals surface area contributed by atoms with Crippen molar-refractivity contribution in [2.24, 2.45) is 10.9 Å². The first kappa shape index (κ1) is 48.5. The normalized spacial score (nSPS) is 14.3. The highest BCUT2D eigenvalue weighted by atomic mass is 79.9. The molecule has 14 heteroatoms. The smallest absolute Gasteiger partial charge is 0.249 e. The van der Waals surface area contributed by atoms with E-state index in [0.717, 1.165) is 53.7 Å². The van der Waals surface area contributed by atoms with Crippen LogP contribution in [-0.4, -0.2) is 37.7 Å². The van der Waals surface area contributed by atoms with Gasteiger partial charge < -0.3 is 19.3 Å². The second-order valence-electron chi connectivity index (χ2n) is 14.2. The highest BCUT2D eigenvalue weighted by Crippen LogP contribution is 2.40. The van der Waals surface area contributed by atoms with Crippen molar-refractivity contribution < 1.29 is 19.1 Å². The van der Waals surface area contributed by atoms with Crippen LogP contribution in [0.25, 0.3) is 4.48 Å². The maximum absolute atomic E-state index is 13.8. The first-order chi connectivity index (χ1) is 30.4. The number of halogens is 7. The van der Waals surface area contributed by atoms with Crippen LogP contribution in [-0.2, 0) is 34.4 Å². The third kappa shape index (κ3) is 12.9. The summed E-state index contributed by atoms with van der Waals surface area (Å²) >= 11 is 32.6. The van der Waals surface area contributed by atoms with Gasteiger partial charge in [-0.05, 0) is 101 Å². The second kappa shape index (κ2) is 23.3. The summed E-state index contributed by atoms with van der Waals surface area (Å²) in [6.07, 6.45) is 2.58. The Morgan fingerprint density at radius 3 is 1.63 bits per heavy atom. The largest absolute Gasteiger partial charge is 0.497 e. The summed E-state index contributed by atoms with van der Waals surface area (Å²) < 4.78 is 13.5. The van der Waals surface area contributed by atoms with Crippen molar-refractivity contribution in [2.75, 3.05) is 30.6 Å². The monoisotopic (exact) mass is 1150 g/mol. The van der Waals surface area contributed by atoms with Crippen molar-refractivity contribution in [1.82, 2.24) is 0 Å². The molecule has 2 heterocycles. The van der Waals surface area contributed by atoms with Gasteiger partial charge in [0.2, 0.25) is 11.8 Å². The lowest BCUT2D eigenvalue weighted by atomic mass is 9.97. The fraction of sp³-hybridized carbons (Fsp3) is 0.163.